The summed E-state index contributed by atoms with van der Waals surface area (Å²) in [5.41, 5.74) is 3.00. The van der Waals surface area contributed by atoms with Gasteiger partial charge in [0.05, 0.1) is 18.0 Å². The second kappa shape index (κ2) is 8.36. The summed E-state index contributed by atoms with van der Waals surface area (Å²) in [5, 5.41) is 5.43. The van der Waals surface area contributed by atoms with Crippen LogP contribution in [0.25, 0.3) is 0 Å². The molecule has 3 aromatic carbocycles. The minimum Gasteiger partial charge on any atom is -0.308 e. The van der Waals surface area contributed by atoms with Gasteiger partial charge < -0.3 is 15.5 Å². The Labute approximate surface area is 171 Å². The number of urea groups is 1. The predicted molar refractivity (Wildman–Crippen MR) is 114 cm³/mol. The van der Waals surface area contributed by atoms with Crippen LogP contribution in [0.2, 0.25) is 0 Å². The first kappa shape index (κ1) is 19.0. The summed E-state index contributed by atoms with van der Waals surface area (Å²) in [6.45, 7) is 0.505. The van der Waals surface area contributed by atoms with Crippen LogP contribution in [0, 0.1) is 5.82 Å². The van der Waals surface area contributed by atoms with Crippen LogP contribution in [0.5, 0.6) is 0 Å². The summed E-state index contributed by atoms with van der Waals surface area (Å²) in [5.74, 6) is 0.0452. The molecule has 29 heavy (non-hydrogen) atoms. The number of amides is 3. The molecule has 3 amide bonds. The van der Waals surface area contributed by atoms with Gasteiger partial charge in [-0.05, 0) is 48.0 Å². The van der Waals surface area contributed by atoms with E-state index in [1.54, 1.807) is 11.0 Å². The van der Waals surface area contributed by atoms with Crippen molar-refractivity contribution in [3.05, 3.63) is 84.2 Å². The number of nitrogens with one attached hydrogen (secondary N) is 2. The number of benzene rings is 3. The molecule has 0 atom stereocenters. The maximum atomic E-state index is 13.0. The molecule has 0 fully saturated rings. The molecule has 0 aromatic heterocycles. The zero-order valence-electron chi connectivity index (χ0n) is 15.4. The van der Waals surface area contributed by atoms with Gasteiger partial charge in [-0.15, -0.1) is 11.8 Å². The van der Waals surface area contributed by atoms with E-state index in [1.807, 2.05) is 42.5 Å². The number of carbonyl (C=O) groups excluding carboxylic acids is 2. The normalized spacial score (nSPS) is 13.0. The molecule has 1 aliphatic rings. The van der Waals surface area contributed by atoms with E-state index in [2.05, 4.69) is 10.6 Å². The minimum atomic E-state index is -0.422. The topological polar surface area (TPSA) is 61.4 Å². The largest absolute Gasteiger partial charge is 0.323 e. The van der Waals surface area contributed by atoms with Crippen LogP contribution in [0.4, 0.5) is 26.2 Å². The van der Waals surface area contributed by atoms with Crippen molar-refractivity contribution >= 4 is 40.8 Å². The lowest BCUT2D eigenvalue weighted by atomic mass is 10.2. The lowest BCUT2D eigenvalue weighted by molar-refractivity contribution is -0.116. The number of thioether (sulfide) groups is 1. The molecular weight excluding hydrogens is 389 g/mol. The number of halogens is 1. The average molecular weight is 407 g/mol. The van der Waals surface area contributed by atoms with Crippen molar-refractivity contribution in [1.82, 2.24) is 0 Å². The molecule has 4 rings (SSSR count). The Morgan fingerprint density at radius 1 is 0.966 bits per heavy atom. The summed E-state index contributed by atoms with van der Waals surface area (Å²) >= 11 is 1.45. The van der Waals surface area contributed by atoms with Crippen LogP contribution in [0.3, 0.4) is 0 Å². The average Bonchev–Trinajstić information content (AvgIpc) is 2.72. The molecule has 0 spiro atoms. The van der Waals surface area contributed by atoms with E-state index in [1.165, 1.54) is 36.0 Å². The molecular formula is C22H18FN3O2S. The highest BCUT2D eigenvalue weighted by atomic mass is 32.2. The Morgan fingerprint density at radius 2 is 1.66 bits per heavy atom. The number of carbonyl (C=O) groups is 2. The highest BCUT2D eigenvalue weighted by Crippen LogP contribution is 2.38. The van der Waals surface area contributed by atoms with Crippen molar-refractivity contribution < 1.29 is 14.0 Å². The van der Waals surface area contributed by atoms with Gasteiger partial charge in [0.15, 0.2) is 0 Å². The number of hydrogen-bond donors (Lipinski definition) is 2. The quantitative estimate of drug-likeness (QED) is 0.632. The summed E-state index contributed by atoms with van der Waals surface area (Å²) in [7, 11) is 0. The number of rotatable bonds is 4. The summed E-state index contributed by atoms with van der Waals surface area (Å²) < 4.78 is 13.0. The summed E-state index contributed by atoms with van der Waals surface area (Å²) in [6.07, 6.45) is 0. The zero-order valence-corrected chi connectivity index (χ0v) is 16.2. The fourth-order valence-electron chi connectivity index (χ4n) is 3.05. The first-order chi connectivity index (χ1) is 14.1. The zero-order chi connectivity index (χ0) is 20.2. The fraction of sp³-hybridized carbons (Fsp3) is 0.0909. The third-order valence-corrected chi connectivity index (χ3v) is 5.48. The van der Waals surface area contributed by atoms with Crippen LogP contribution in [-0.2, 0) is 11.3 Å². The van der Waals surface area contributed by atoms with Gasteiger partial charge in [0.25, 0.3) is 0 Å². The minimum absolute atomic E-state index is 0.0566. The van der Waals surface area contributed by atoms with E-state index in [9.17, 15) is 14.0 Å². The molecule has 0 aliphatic carbocycles. The maximum absolute atomic E-state index is 13.0. The lowest BCUT2D eigenvalue weighted by Crippen LogP contribution is -2.34. The Bertz CT molecular complexity index is 1040. The molecule has 0 unspecified atom stereocenters. The first-order valence-electron chi connectivity index (χ1n) is 9.03. The maximum Gasteiger partial charge on any atom is 0.323 e. The third-order valence-electron chi connectivity index (χ3n) is 4.45. The molecule has 0 saturated heterocycles. The fourth-order valence-corrected chi connectivity index (χ4v) is 4.02. The predicted octanol–water partition coefficient (Wildman–Crippen LogP) is 5.11. The monoisotopic (exact) mass is 407 g/mol. The van der Waals surface area contributed by atoms with Gasteiger partial charge in [-0.3, -0.25) is 4.79 Å². The second-order valence-electron chi connectivity index (χ2n) is 6.52. The van der Waals surface area contributed by atoms with E-state index in [-0.39, 0.29) is 11.7 Å². The SMILES string of the molecule is O=C(Nc1ccc(F)cc1)Nc1ccc2c(c1)SCC(=O)N2Cc1ccccc1. The Hall–Kier alpha value is -3.32. The van der Waals surface area contributed by atoms with Gasteiger partial charge in [-0.25, -0.2) is 9.18 Å². The van der Waals surface area contributed by atoms with Crippen LogP contribution in [0.1, 0.15) is 5.56 Å². The van der Waals surface area contributed by atoms with E-state index < -0.39 is 6.03 Å². The van der Waals surface area contributed by atoms with Crippen molar-refractivity contribution in [2.24, 2.45) is 0 Å². The van der Waals surface area contributed by atoms with E-state index >= 15 is 0 Å². The number of nitrogens with zero attached hydrogens (tertiary/aromatic N) is 1. The van der Waals surface area contributed by atoms with Gasteiger partial charge >= 0.3 is 6.03 Å². The molecule has 0 bridgehead atoms. The highest BCUT2D eigenvalue weighted by Gasteiger charge is 2.25. The Balaban J connectivity index is 1.48. The molecule has 1 aliphatic heterocycles. The van der Waals surface area contributed by atoms with Crippen LogP contribution in [0.15, 0.2) is 77.7 Å². The van der Waals surface area contributed by atoms with Gasteiger partial charge in [0.2, 0.25) is 5.91 Å². The van der Waals surface area contributed by atoms with Crippen LogP contribution < -0.4 is 15.5 Å². The smallest absolute Gasteiger partial charge is 0.308 e. The van der Waals surface area contributed by atoms with E-state index in [0.29, 0.717) is 23.7 Å². The molecule has 146 valence electrons. The Morgan fingerprint density at radius 3 is 2.41 bits per heavy atom. The molecule has 3 aromatic rings. The number of hydrogen-bond acceptors (Lipinski definition) is 3. The molecule has 2 N–H and O–H groups in total. The van der Waals surface area contributed by atoms with Crippen molar-refractivity contribution in [2.45, 2.75) is 11.4 Å². The number of anilines is 3. The van der Waals surface area contributed by atoms with Gasteiger partial charge in [0, 0.05) is 16.3 Å². The first-order valence-corrected chi connectivity index (χ1v) is 10.0. The highest BCUT2D eigenvalue weighted by molar-refractivity contribution is 8.00. The third kappa shape index (κ3) is 4.57. The molecule has 5 nitrogen and oxygen atoms in total. The summed E-state index contributed by atoms with van der Waals surface area (Å²) in [6, 6.07) is 20.4. The van der Waals surface area contributed by atoms with E-state index in [4.69, 9.17) is 0 Å². The van der Waals surface area contributed by atoms with Gasteiger partial charge in [-0.1, -0.05) is 30.3 Å². The van der Waals surface area contributed by atoms with Gasteiger partial charge in [0.1, 0.15) is 5.82 Å². The second-order valence-corrected chi connectivity index (χ2v) is 7.54. The van der Waals surface area contributed by atoms with Gasteiger partial charge in [-0.2, -0.15) is 0 Å². The molecule has 7 heteroatoms. The molecule has 1 heterocycles. The molecule has 0 saturated carbocycles. The molecule has 0 radical (unpaired) electrons. The lowest BCUT2D eigenvalue weighted by Gasteiger charge is -2.29. The van der Waals surface area contributed by atoms with Crippen molar-refractivity contribution in [3.63, 3.8) is 0 Å². The standard InChI is InChI=1S/C22H18FN3O2S/c23-16-6-8-17(9-7-16)24-22(28)25-18-10-11-19-20(12-18)29-14-21(27)26(19)13-15-4-2-1-3-5-15/h1-12H,13-14H2,(H2,24,25,28). The Kier molecular flexibility index (Phi) is 5.48. The summed E-state index contributed by atoms with van der Waals surface area (Å²) in [4.78, 5) is 27.4. The van der Waals surface area contributed by atoms with E-state index in [0.717, 1.165) is 16.1 Å². The number of fused-ring (bicyclic) bond motifs is 1. The van der Waals surface area contributed by atoms with Crippen molar-refractivity contribution in [2.75, 3.05) is 21.3 Å². The van der Waals surface area contributed by atoms with Crippen molar-refractivity contribution in [1.29, 1.82) is 0 Å². The van der Waals surface area contributed by atoms with Crippen LogP contribution in [-0.4, -0.2) is 17.7 Å². The van der Waals surface area contributed by atoms with Crippen LogP contribution >= 0.6 is 11.8 Å². The van der Waals surface area contributed by atoms with Crippen molar-refractivity contribution in [3.8, 4) is 0 Å².